The van der Waals surface area contributed by atoms with Crippen molar-refractivity contribution in [1.29, 1.82) is 0 Å². The number of hydrogen-bond acceptors (Lipinski definition) is 4. The largest absolute Gasteiger partial charge is 0.460 e. The average Bonchev–Trinajstić information content (AvgIpc) is 3.06. The van der Waals surface area contributed by atoms with Crippen LogP contribution in [-0.4, -0.2) is 28.7 Å². The van der Waals surface area contributed by atoms with Gasteiger partial charge in [-0.2, -0.15) is 0 Å². The summed E-state index contributed by atoms with van der Waals surface area (Å²) in [5, 5.41) is 14.2. The monoisotopic (exact) mass is 431 g/mol. The molecule has 0 saturated heterocycles. The Balaban J connectivity index is 2.28. The third kappa shape index (κ3) is 7.06. The van der Waals surface area contributed by atoms with Crippen molar-refractivity contribution in [2.75, 3.05) is 0 Å². The Bertz CT molecular complexity index is 723. The molecule has 1 aliphatic carbocycles. The van der Waals surface area contributed by atoms with Crippen LogP contribution in [0.4, 0.5) is 0 Å². The van der Waals surface area contributed by atoms with Crippen LogP contribution in [0.15, 0.2) is 30.3 Å². The van der Waals surface area contributed by atoms with E-state index in [4.69, 9.17) is 4.74 Å². The number of ether oxygens (including phenoxy) is 1. The van der Waals surface area contributed by atoms with Crippen LogP contribution < -0.4 is 5.32 Å². The number of aliphatic hydroxyl groups is 1. The van der Waals surface area contributed by atoms with Crippen LogP contribution in [0.3, 0.4) is 0 Å². The first-order chi connectivity index (χ1) is 14.4. The normalized spacial score (nSPS) is 25.0. The van der Waals surface area contributed by atoms with Gasteiger partial charge in [0.2, 0.25) is 5.91 Å². The maximum absolute atomic E-state index is 13.3. The SMILES string of the molecule is CC(C)C[C@@H](O)[C@@H]1[C@H](C(C)C)[C@H](C(=O)OC(C)(C)C)C[C@@H]1C(=O)NCc1ccccc1. The molecule has 1 fully saturated rings. The van der Waals surface area contributed by atoms with Crippen LogP contribution in [0.25, 0.3) is 0 Å². The summed E-state index contributed by atoms with van der Waals surface area (Å²) in [6.45, 7) is 14.3. The number of amides is 1. The fourth-order valence-corrected chi connectivity index (χ4v) is 5.03. The van der Waals surface area contributed by atoms with Gasteiger partial charge in [-0.25, -0.2) is 0 Å². The second-order valence-corrected chi connectivity index (χ2v) is 10.8. The molecule has 0 aromatic heterocycles. The molecule has 31 heavy (non-hydrogen) atoms. The zero-order valence-corrected chi connectivity index (χ0v) is 20.2. The van der Waals surface area contributed by atoms with E-state index in [1.54, 1.807) is 0 Å². The average molecular weight is 432 g/mol. The minimum atomic E-state index is -0.632. The van der Waals surface area contributed by atoms with Crippen LogP contribution >= 0.6 is 0 Å². The number of benzene rings is 1. The number of nitrogens with one attached hydrogen (secondary N) is 1. The molecule has 0 bridgehead atoms. The van der Waals surface area contributed by atoms with E-state index in [0.717, 1.165) is 5.56 Å². The molecular formula is C26H41NO4. The lowest BCUT2D eigenvalue weighted by Gasteiger charge is -2.34. The lowest BCUT2D eigenvalue weighted by atomic mass is 9.74. The van der Waals surface area contributed by atoms with Crippen molar-refractivity contribution in [3.05, 3.63) is 35.9 Å². The molecule has 1 aromatic rings. The van der Waals surface area contributed by atoms with Crippen LogP contribution in [0, 0.1) is 35.5 Å². The van der Waals surface area contributed by atoms with Gasteiger partial charge in [0.1, 0.15) is 5.60 Å². The fraction of sp³-hybridized carbons (Fsp3) is 0.692. The predicted molar refractivity (Wildman–Crippen MR) is 123 cm³/mol. The first kappa shape index (κ1) is 25.4. The van der Waals surface area contributed by atoms with Crippen molar-refractivity contribution in [3.63, 3.8) is 0 Å². The van der Waals surface area contributed by atoms with E-state index in [9.17, 15) is 14.7 Å². The van der Waals surface area contributed by atoms with E-state index >= 15 is 0 Å². The van der Waals surface area contributed by atoms with Gasteiger partial charge in [-0.15, -0.1) is 0 Å². The summed E-state index contributed by atoms with van der Waals surface area (Å²) in [5.41, 5.74) is 0.440. The van der Waals surface area contributed by atoms with Crippen molar-refractivity contribution in [3.8, 4) is 0 Å². The van der Waals surface area contributed by atoms with E-state index in [1.807, 2.05) is 51.1 Å². The summed E-state index contributed by atoms with van der Waals surface area (Å²) in [7, 11) is 0. The molecule has 2 rings (SSSR count). The highest BCUT2D eigenvalue weighted by Crippen LogP contribution is 2.49. The van der Waals surface area contributed by atoms with E-state index in [2.05, 4.69) is 33.0 Å². The molecule has 5 nitrogen and oxygen atoms in total. The Hall–Kier alpha value is -1.88. The maximum atomic E-state index is 13.3. The van der Waals surface area contributed by atoms with Gasteiger partial charge in [0.25, 0.3) is 0 Å². The lowest BCUT2D eigenvalue weighted by molar-refractivity contribution is -0.162. The third-order valence-corrected chi connectivity index (χ3v) is 6.16. The zero-order valence-electron chi connectivity index (χ0n) is 20.2. The van der Waals surface area contributed by atoms with Gasteiger partial charge >= 0.3 is 5.97 Å². The Morgan fingerprint density at radius 3 is 2.19 bits per heavy atom. The fourth-order valence-electron chi connectivity index (χ4n) is 5.03. The lowest BCUT2D eigenvalue weighted by Crippen LogP contribution is -2.41. The maximum Gasteiger partial charge on any atom is 0.309 e. The summed E-state index contributed by atoms with van der Waals surface area (Å²) in [4.78, 5) is 26.3. The van der Waals surface area contributed by atoms with E-state index < -0.39 is 23.5 Å². The van der Waals surface area contributed by atoms with Gasteiger partial charge in [0.05, 0.1) is 12.0 Å². The number of hydrogen-bond donors (Lipinski definition) is 2. The first-order valence-electron chi connectivity index (χ1n) is 11.6. The summed E-state index contributed by atoms with van der Waals surface area (Å²) in [6.07, 6.45) is 0.391. The van der Waals surface area contributed by atoms with Crippen molar-refractivity contribution in [1.82, 2.24) is 5.32 Å². The number of esters is 1. The second-order valence-electron chi connectivity index (χ2n) is 10.8. The Morgan fingerprint density at radius 1 is 1.06 bits per heavy atom. The summed E-state index contributed by atoms with van der Waals surface area (Å²) < 4.78 is 5.72. The smallest absolute Gasteiger partial charge is 0.309 e. The van der Waals surface area contributed by atoms with Gasteiger partial charge in [-0.3, -0.25) is 9.59 Å². The highest BCUT2D eigenvalue weighted by Gasteiger charge is 2.53. The quantitative estimate of drug-likeness (QED) is 0.591. The summed E-state index contributed by atoms with van der Waals surface area (Å²) in [6, 6.07) is 9.78. The Labute approximate surface area is 188 Å². The van der Waals surface area contributed by atoms with Crippen molar-refractivity contribution in [2.24, 2.45) is 35.5 Å². The molecule has 0 unspecified atom stereocenters. The molecule has 174 valence electrons. The van der Waals surface area contributed by atoms with Crippen LogP contribution in [0.1, 0.15) is 66.9 Å². The van der Waals surface area contributed by atoms with Gasteiger partial charge in [0, 0.05) is 18.4 Å². The highest BCUT2D eigenvalue weighted by atomic mass is 16.6. The second kappa shape index (κ2) is 10.6. The summed E-state index contributed by atoms with van der Waals surface area (Å²) >= 11 is 0. The molecule has 0 aliphatic heterocycles. The molecule has 5 atom stereocenters. The molecule has 0 spiro atoms. The minimum Gasteiger partial charge on any atom is -0.460 e. The van der Waals surface area contributed by atoms with Crippen LogP contribution in [0.5, 0.6) is 0 Å². The molecule has 0 radical (unpaired) electrons. The molecule has 1 aliphatic rings. The Kier molecular flexibility index (Phi) is 8.70. The molecule has 1 amide bonds. The molecule has 5 heteroatoms. The standard InChI is InChI=1S/C26H41NO4/c1-16(2)13-21(28)23-19(24(29)27-15-18-11-9-8-10-12-18)14-20(22(23)17(3)4)25(30)31-26(5,6)7/h8-12,16-17,19-23,28H,13-15H2,1-7H3,(H,27,29)/t19-,20+,21+,22+,23+/m0/s1. The van der Waals surface area contributed by atoms with Crippen molar-refractivity contribution >= 4 is 11.9 Å². The molecule has 0 heterocycles. The number of aliphatic hydroxyl groups excluding tert-OH is 1. The van der Waals surface area contributed by atoms with E-state index in [-0.39, 0.29) is 29.6 Å². The number of rotatable bonds is 8. The topological polar surface area (TPSA) is 75.6 Å². The molecular weight excluding hydrogens is 390 g/mol. The summed E-state index contributed by atoms with van der Waals surface area (Å²) in [5.74, 6) is -1.07. The predicted octanol–water partition coefficient (Wildman–Crippen LogP) is 4.58. The third-order valence-electron chi connectivity index (χ3n) is 6.16. The van der Waals surface area contributed by atoms with Gasteiger partial charge < -0.3 is 15.2 Å². The van der Waals surface area contributed by atoms with Gasteiger partial charge in [0.15, 0.2) is 0 Å². The van der Waals surface area contributed by atoms with Gasteiger partial charge in [-0.1, -0.05) is 58.0 Å². The highest BCUT2D eigenvalue weighted by molar-refractivity contribution is 5.82. The Morgan fingerprint density at radius 2 is 1.68 bits per heavy atom. The van der Waals surface area contributed by atoms with E-state index in [1.165, 1.54) is 0 Å². The van der Waals surface area contributed by atoms with Crippen LogP contribution in [-0.2, 0) is 20.9 Å². The van der Waals surface area contributed by atoms with Crippen LogP contribution in [0.2, 0.25) is 0 Å². The molecule has 2 N–H and O–H groups in total. The van der Waals surface area contributed by atoms with Crippen molar-refractivity contribution < 1.29 is 19.4 Å². The number of carbonyl (C=O) groups is 2. The number of carbonyl (C=O) groups excluding carboxylic acids is 2. The first-order valence-corrected chi connectivity index (χ1v) is 11.6. The molecule has 1 aromatic carbocycles. The van der Waals surface area contributed by atoms with Gasteiger partial charge in [-0.05, 0) is 56.9 Å². The molecule has 1 saturated carbocycles. The van der Waals surface area contributed by atoms with Crippen molar-refractivity contribution in [2.45, 2.75) is 79.6 Å². The minimum absolute atomic E-state index is 0.0895. The zero-order chi connectivity index (χ0) is 23.3. The van der Waals surface area contributed by atoms with E-state index in [0.29, 0.717) is 25.3 Å².